The fourth-order valence-corrected chi connectivity index (χ4v) is 3.69. The van der Waals surface area contributed by atoms with Crippen LogP contribution in [-0.4, -0.2) is 20.2 Å². The first-order valence-electron chi connectivity index (χ1n) is 8.91. The molecule has 0 aliphatic rings. The van der Waals surface area contributed by atoms with Gasteiger partial charge in [0.1, 0.15) is 0 Å². The first-order chi connectivity index (χ1) is 14.6. The summed E-state index contributed by atoms with van der Waals surface area (Å²) in [4.78, 5) is 23.1. The van der Waals surface area contributed by atoms with E-state index in [1.54, 1.807) is 18.2 Å². The predicted molar refractivity (Wildman–Crippen MR) is 112 cm³/mol. The summed E-state index contributed by atoms with van der Waals surface area (Å²) < 4.78 is 53.2. The molecule has 0 saturated carbocycles. The second-order valence-electron chi connectivity index (χ2n) is 6.47. The summed E-state index contributed by atoms with van der Waals surface area (Å²) in [5.74, 6) is -3.12. The zero-order valence-corrected chi connectivity index (χ0v) is 17.0. The number of amides is 2. The monoisotopic (exact) mass is 445 g/mol. The van der Waals surface area contributed by atoms with Crippen LogP contribution >= 0.6 is 0 Å². The molecule has 3 rings (SSSR count). The molecule has 0 bridgehead atoms. The highest BCUT2D eigenvalue weighted by Gasteiger charge is 2.17. The van der Waals surface area contributed by atoms with Gasteiger partial charge in [-0.15, -0.1) is 0 Å². The quantitative estimate of drug-likeness (QED) is 0.534. The maximum Gasteiger partial charge on any atom is 0.261 e. The lowest BCUT2D eigenvalue weighted by Gasteiger charge is -2.10. The highest BCUT2D eigenvalue weighted by Crippen LogP contribution is 2.20. The lowest BCUT2D eigenvalue weighted by Crippen LogP contribution is -2.14. The van der Waals surface area contributed by atoms with Gasteiger partial charge in [-0.25, -0.2) is 17.2 Å². The Bertz CT molecular complexity index is 1250. The van der Waals surface area contributed by atoms with Gasteiger partial charge in [0.2, 0.25) is 5.91 Å². The zero-order chi connectivity index (χ0) is 22.6. The summed E-state index contributed by atoms with van der Waals surface area (Å²) in [6, 6.07) is 14.4. The van der Waals surface area contributed by atoms with Crippen LogP contribution in [-0.2, 0) is 14.8 Å². The molecule has 0 fully saturated rings. The van der Waals surface area contributed by atoms with Crippen LogP contribution < -0.4 is 15.4 Å². The first kappa shape index (κ1) is 21.9. The Hall–Kier alpha value is -3.79. The third-order valence-electron chi connectivity index (χ3n) is 4.04. The van der Waals surface area contributed by atoms with E-state index in [1.165, 1.54) is 37.3 Å². The number of nitrogens with one attached hydrogen (secondary N) is 3. The summed E-state index contributed by atoms with van der Waals surface area (Å²) >= 11 is 0. The van der Waals surface area contributed by atoms with Gasteiger partial charge in [0.05, 0.1) is 4.90 Å². The number of anilines is 3. The van der Waals surface area contributed by atoms with E-state index in [9.17, 15) is 26.8 Å². The molecule has 0 heterocycles. The van der Waals surface area contributed by atoms with Gasteiger partial charge in [-0.3, -0.25) is 14.3 Å². The van der Waals surface area contributed by atoms with Crippen molar-refractivity contribution in [3.8, 4) is 0 Å². The van der Waals surface area contributed by atoms with Crippen LogP contribution in [0.3, 0.4) is 0 Å². The van der Waals surface area contributed by atoms with E-state index >= 15 is 0 Å². The number of hydrogen-bond acceptors (Lipinski definition) is 4. The number of sulfonamides is 1. The average Bonchev–Trinajstić information content (AvgIpc) is 2.71. The van der Waals surface area contributed by atoms with E-state index in [0.29, 0.717) is 23.0 Å². The highest BCUT2D eigenvalue weighted by atomic mass is 32.2. The summed E-state index contributed by atoms with van der Waals surface area (Å²) in [6.45, 7) is 1.36. The molecule has 3 aromatic rings. The van der Waals surface area contributed by atoms with E-state index in [2.05, 4.69) is 15.4 Å². The van der Waals surface area contributed by atoms with Gasteiger partial charge in [0, 0.05) is 29.5 Å². The Morgan fingerprint density at radius 1 is 0.774 bits per heavy atom. The van der Waals surface area contributed by atoms with Crippen molar-refractivity contribution in [2.24, 2.45) is 0 Å². The van der Waals surface area contributed by atoms with E-state index < -0.39 is 32.5 Å². The molecule has 0 unspecified atom stereocenters. The molecule has 31 heavy (non-hydrogen) atoms. The van der Waals surface area contributed by atoms with E-state index in [1.807, 2.05) is 0 Å². The standard InChI is InChI=1S/C21H17F2N3O4S/c1-13(27)24-17-4-2-3-14(11-17)21(28)25-15-5-7-16(8-6-15)26-31(29,30)18-9-10-19(22)20(23)12-18/h2-12,26H,1H3,(H,24,27)(H,25,28). The van der Waals surface area contributed by atoms with Gasteiger partial charge in [-0.2, -0.15) is 0 Å². The molecule has 2 amide bonds. The number of hydrogen-bond donors (Lipinski definition) is 3. The van der Waals surface area contributed by atoms with Crippen molar-refractivity contribution in [1.29, 1.82) is 0 Å². The van der Waals surface area contributed by atoms with Crippen molar-refractivity contribution in [2.45, 2.75) is 11.8 Å². The van der Waals surface area contributed by atoms with Crippen LogP contribution in [0.25, 0.3) is 0 Å². The van der Waals surface area contributed by atoms with E-state index in [-0.39, 0.29) is 11.6 Å². The van der Waals surface area contributed by atoms with Gasteiger partial charge in [0.25, 0.3) is 15.9 Å². The molecule has 0 atom stereocenters. The predicted octanol–water partition coefficient (Wildman–Crippen LogP) is 3.98. The minimum absolute atomic E-state index is 0.162. The van der Waals surface area contributed by atoms with Gasteiger partial charge in [-0.1, -0.05) is 6.07 Å². The molecular formula is C21H17F2N3O4S. The highest BCUT2D eigenvalue weighted by molar-refractivity contribution is 7.92. The molecule has 0 aromatic heterocycles. The van der Waals surface area contributed by atoms with Crippen LogP contribution in [0.5, 0.6) is 0 Å². The molecule has 0 aliphatic carbocycles. The van der Waals surface area contributed by atoms with Crippen molar-refractivity contribution in [2.75, 3.05) is 15.4 Å². The van der Waals surface area contributed by atoms with Crippen molar-refractivity contribution in [3.63, 3.8) is 0 Å². The second kappa shape index (κ2) is 8.92. The van der Waals surface area contributed by atoms with Crippen molar-refractivity contribution in [3.05, 3.63) is 83.9 Å². The van der Waals surface area contributed by atoms with Gasteiger partial charge >= 0.3 is 0 Å². The van der Waals surface area contributed by atoms with Crippen LogP contribution in [0.1, 0.15) is 17.3 Å². The Morgan fingerprint density at radius 2 is 1.45 bits per heavy atom. The third kappa shape index (κ3) is 5.64. The summed E-state index contributed by atoms with van der Waals surface area (Å²) in [7, 11) is -4.12. The second-order valence-corrected chi connectivity index (χ2v) is 8.16. The lowest BCUT2D eigenvalue weighted by molar-refractivity contribution is -0.114. The molecule has 10 heteroatoms. The molecular weight excluding hydrogens is 428 g/mol. The fraction of sp³-hybridized carbons (Fsp3) is 0.0476. The number of carbonyl (C=O) groups excluding carboxylic acids is 2. The molecule has 160 valence electrons. The summed E-state index contributed by atoms with van der Waals surface area (Å²) in [6.07, 6.45) is 0. The van der Waals surface area contributed by atoms with E-state index in [4.69, 9.17) is 0 Å². The minimum Gasteiger partial charge on any atom is -0.326 e. The largest absolute Gasteiger partial charge is 0.326 e. The Morgan fingerprint density at radius 3 is 2.10 bits per heavy atom. The number of benzene rings is 3. The van der Waals surface area contributed by atoms with E-state index in [0.717, 1.165) is 12.1 Å². The number of carbonyl (C=O) groups is 2. The zero-order valence-electron chi connectivity index (χ0n) is 16.1. The third-order valence-corrected chi connectivity index (χ3v) is 5.42. The van der Waals surface area contributed by atoms with Gasteiger partial charge in [-0.05, 0) is 60.7 Å². The Labute approximate surface area is 177 Å². The fourth-order valence-electron chi connectivity index (χ4n) is 2.62. The summed E-state index contributed by atoms with van der Waals surface area (Å²) in [5, 5.41) is 5.24. The molecule has 3 aromatic carbocycles. The number of rotatable bonds is 6. The van der Waals surface area contributed by atoms with Gasteiger partial charge < -0.3 is 10.6 Å². The van der Waals surface area contributed by atoms with Crippen LogP contribution in [0, 0.1) is 11.6 Å². The van der Waals surface area contributed by atoms with Crippen LogP contribution in [0.2, 0.25) is 0 Å². The van der Waals surface area contributed by atoms with Gasteiger partial charge in [0.15, 0.2) is 11.6 Å². The topological polar surface area (TPSA) is 104 Å². The maximum absolute atomic E-state index is 13.3. The lowest BCUT2D eigenvalue weighted by atomic mass is 10.2. The Kier molecular flexibility index (Phi) is 6.30. The number of halogens is 2. The average molecular weight is 445 g/mol. The molecule has 0 saturated heterocycles. The van der Waals surface area contributed by atoms with Crippen molar-refractivity contribution in [1.82, 2.24) is 0 Å². The molecule has 0 radical (unpaired) electrons. The first-order valence-corrected chi connectivity index (χ1v) is 10.4. The normalized spacial score (nSPS) is 10.9. The van der Waals surface area contributed by atoms with Crippen LogP contribution in [0.15, 0.2) is 71.6 Å². The molecule has 0 spiro atoms. The molecule has 3 N–H and O–H groups in total. The SMILES string of the molecule is CC(=O)Nc1cccc(C(=O)Nc2ccc(NS(=O)(=O)c3ccc(F)c(F)c3)cc2)c1. The summed E-state index contributed by atoms with van der Waals surface area (Å²) in [5.41, 5.74) is 1.34. The van der Waals surface area contributed by atoms with Crippen molar-refractivity contribution < 1.29 is 26.8 Å². The molecule has 0 aliphatic heterocycles. The molecule has 7 nitrogen and oxygen atoms in total. The van der Waals surface area contributed by atoms with Crippen LogP contribution in [0.4, 0.5) is 25.8 Å². The minimum atomic E-state index is -4.12. The maximum atomic E-state index is 13.3. The Balaban J connectivity index is 1.69. The smallest absolute Gasteiger partial charge is 0.261 e. The van der Waals surface area contributed by atoms with Crippen molar-refractivity contribution >= 4 is 38.9 Å².